The summed E-state index contributed by atoms with van der Waals surface area (Å²) in [5.74, 6) is 0.757. The SMILES string of the molecule is c1ccc(-c2ccc(C(CCc3ccc4ccccc4c3)c3cccc4c3oc3cc5oc(-c6ccccc6)nc5cc34)cc2)cc1. The molecule has 7 aromatic carbocycles. The number of benzene rings is 7. The minimum atomic E-state index is 0.140. The average Bonchev–Trinajstić information content (AvgIpc) is 3.73. The van der Waals surface area contributed by atoms with Crippen LogP contribution in [0.4, 0.5) is 0 Å². The number of nitrogens with zero attached hydrogens (tertiary/aromatic N) is 1. The molecule has 47 heavy (non-hydrogen) atoms. The number of furan rings is 1. The molecule has 9 aromatic rings. The van der Waals surface area contributed by atoms with Crippen molar-refractivity contribution in [3.63, 3.8) is 0 Å². The van der Waals surface area contributed by atoms with Crippen LogP contribution < -0.4 is 0 Å². The molecule has 1 atom stereocenters. The molecule has 0 bridgehead atoms. The summed E-state index contributed by atoms with van der Waals surface area (Å²) in [6.45, 7) is 0. The molecule has 2 heterocycles. The number of oxazole rings is 1. The lowest BCUT2D eigenvalue weighted by Crippen LogP contribution is -2.04. The van der Waals surface area contributed by atoms with Gasteiger partial charge >= 0.3 is 0 Å². The van der Waals surface area contributed by atoms with Crippen molar-refractivity contribution in [2.75, 3.05) is 0 Å². The van der Waals surface area contributed by atoms with E-state index in [9.17, 15) is 0 Å². The van der Waals surface area contributed by atoms with E-state index < -0.39 is 0 Å². The Labute approximate surface area is 272 Å². The van der Waals surface area contributed by atoms with Gasteiger partial charge in [0.2, 0.25) is 5.89 Å². The number of fused-ring (bicyclic) bond motifs is 5. The van der Waals surface area contributed by atoms with Gasteiger partial charge in [-0.05, 0) is 64.1 Å². The molecule has 224 valence electrons. The summed E-state index contributed by atoms with van der Waals surface area (Å²) in [6.07, 6.45) is 1.90. The zero-order valence-electron chi connectivity index (χ0n) is 25.8. The van der Waals surface area contributed by atoms with E-state index in [-0.39, 0.29) is 5.92 Å². The van der Waals surface area contributed by atoms with E-state index in [2.05, 4.69) is 121 Å². The first kappa shape index (κ1) is 27.4. The average molecular weight is 606 g/mol. The normalized spacial score (nSPS) is 12.3. The molecule has 2 aromatic heterocycles. The van der Waals surface area contributed by atoms with Gasteiger partial charge in [-0.15, -0.1) is 0 Å². The van der Waals surface area contributed by atoms with Gasteiger partial charge in [-0.3, -0.25) is 0 Å². The van der Waals surface area contributed by atoms with Crippen molar-refractivity contribution in [3.05, 3.63) is 174 Å². The summed E-state index contributed by atoms with van der Waals surface area (Å²) in [5.41, 5.74) is 10.5. The fraction of sp³-hybridized carbons (Fsp3) is 0.0682. The van der Waals surface area contributed by atoms with E-state index in [1.807, 2.05) is 36.4 Å². The molecule has 0 N–H and O–H groups in total. The first-order chi connectivity index (χ1) is 23.3. The maximum absolute atomic E-state index is 6.72. The van der Waals surface area contributed by atoms with E-state index in [0.717, 1.165) is 51.4 Å². The van der Waals surface area contributed by atoms with Crippen molar-refractivity contribution < 1.29 is 8.83 Å². The monoisotopic (exact) mass is 605 g/mol. The van der Waals surface area contributed by atoms with Gasteiger partial charge in [-0.25, -0.2) is 4.98 Å². The minimum absolute atomic E-state index is 0.140. The fourth-order valence-corrected chi connectivity index (χ4v) is 6.97. The van der Waals surface area contributed by atoms with Gasteiger partial charge in [-0.1, -0.05) is 133 Å². The number of aryl methyl sites for hydroxylation is 1. The lowest BCUT2D eigenvalue weighted by Gasteiger charge is -2.19. The Hall–Kier alpha value is -5.93. The molecule has 0 saturated heterocycles. The number of hydrogen-bond acceptors (Lipinski definition) is 3. The summed E-state index contributed by atoms with van der Waals surface area (Å²) in [4.78, 5) is 4.83. The van der Waals surface area contributed by atoms with Crippen molar-refractivity contribution in [2.45, 2.75) is 18.8 Å². The van der Waals surface area contributed by atoms with E-state index >= 15 is 0 Å². The maximum atomic E-state index is 6.72. The van der Waals surface area contributed by atoms with E-state index in [1.165, 1.54) is 38.6 Å². The summed E-state index contributed by atoms with van der Waals surface area (Å²) in [5, 5.41) is 4.70. The molecule has 3 nitrogen and oxygen atoms in total. The summed E-state index contributed by atoms with van der Waals surface area (Å²) in [6, 6.07) is 55.7. The van der Waals surface area contributed by atoms with Crippen LogP contribution in [-0.2, 0) is 6.42 Å². The van der Waals surface area contributed by atoms with Crippen molar-refractivity contribution in [1.29, 1.82) is 0 Å². The molecule has 0 fully saturated rings. The van der Waals surface area contributed by atoms with Crippen LogP contribution in [0.5, 0.6) is 0 Å². The third-order valence-corrected chi connectivity index (χ3v) is 9.39. The third-order valence-electron chi connectivity index (χ3n) is 9.39. The zero-order chi connectivity index (χ0) is 31.2. The van der Waals surface area contributed by atoms with Crippen LogP contribution >= 0.6 is 0 Å². The Kier molecular flexibility index (Phi) is 6.68. The van der Waals surface area contributed by atoms with Crippen molar-refractivity contribution >= 4 is 43.8 Å². The van der Waals surface area contributed by atoms with Gasteiger partial charge in [0.1, 0.15) is 16.7 Å². The molecule has 0 spiro atoms. The Bertz CT molecular complexity index is 2510. The first-order valence-corrected chi connectivity index (χ1v) is 16.2. The van der Waals surface area contributed by atoms with Crippen LogP contribution in [0.2, 0.25) is 0 Å². The van der Waals surface area contributed by atoms with Crippen LogP contribution in [0.25, 0.3) is 66.4 Å². The van der Waals surface area contributed by atoms with E-state index in [0.29, 0.717) is 5.89 Å². The van der Waals surface area contributed by atoms with Gasteiger partial charge in [0.25, 0.3) is 0 Å². The minimum Gasteiger partial charge on any atom is -0.456 e. The first-order valence-electron chi connectivity index (χ1n) is 16.2. The fourth-order valence-electron chi connectivity index (χ4n) is 6.97. The highest BCUT2D eigenvalue weighted by Gasteiger charge is 2.22. The van der Waals surface area contributed by atoms with Crippen molar-refractivity contribution in [3.8, 4) is 22.6 Å². The zero-order valence-corrected chi connectivity index (χ0v) is 25.8. The van der Waals surface area contributed by atoms with Crippen LogP contribution in [0.3, 0.4) is 0 Å². The Morgan fingerprint density at radius 3 is 2.04 bits per heavy atom. The van der Waals surface area contributed by atoms with Crippen molar-refractivity contribution in [1.82, 2.24) is 4.98 Å². The second-order valence-electron chi connectivity index (χ2n) is 12.3. The van der Waals surface area contributed by atoms with Crippen LogP contribution in [-0.4, -0.2) is 4.98 Å². The molecule has 9 rings (SSSR count). The van der Waals surface area contributed by atoms with Gasteiger partial charge in [-0.2, -0.15) is 0 Å². The Morgan fingerprint density at radius 2 is 1.23 bits per heavy atom. The third kappa shape index (κ3) is 5.07. The Morgan fingerprint density at radius 1 is 0.511 bits per heavy atom. The molecule has 1 unspecified atom stereocenters. The predicted octanol–water partition coefficient (Wildman–Crippen LogP) is 12.0. The molecule has 0 amide bonds. The summed E-state index contributed by atoms with van der Waals surface area (Å²) >= 11 is 0. The maximum Gasteiger partial charge on any atom is 0.227 e. The molecule has 0 aliphatic carbocycles. The van der Waals surface area contributed by atoms with Crippen LogP contribution in [0, 0.1) is 0 Å². The molecular formula is C44H31NO2. The number of rotatable bonds is 7. The summed E-state index contributed by atoms with van der Waals surface area (Å²) in [7, 11) is 0. The van der Waals surface area contributed by atoms with Crippen molar-refractivity contribution in [2.24, 2.45) is 0 Å². The highest BCUT2D eigenvalue weighted by atomic mass is 16.4. The highest BCUT2D eigenvalue weighted by Crippen LogP contribution is 2.40. The van der Waals surface area contributed by atoms with Crippen LogP contribution in [0.1, 0.15) is 29.0 Å². The molecule has 0 radical (unpaired) electrons. The largest absolute Gasteiger partial charge is 0.456 e. The molecule has 3 heteroatoms. The smallest absolute Gasteiger partial charge is 0.227 e. The van der Waals surface area contributed by atoms with Gasteiger partial charge in [0.05, 0.1) is 0 Å². The van der Waals surface area contributed by atoms with E-state index in [1.54, 1.807) is 0 Å². The van der Waals surface area contributed by atoms with Gasteiger partial charge < -0.3 is 8.83 Å². The molecular weight excluding hydrogens is 574 g/mol. The quantitative estimate of drug-likeness (QED) is 0.181. The number of hydrogen-bond donors (Lipinski definition) is 0. The number of para-hydroxylation sites is 1. The van der Waals surface area contributed by atoms with Gasteiger partial charge in [0.15, 0.2) is 5.58 Å². The highest BCUT2D eigenvalue weighted by molar-refractivity contribution is 6.09. The molecule has 0 aliphatic rings. The standard InChI is InChI=1S/C44H31NO2/c1-3-10-30(11-4-1)32-21-23-33(24-22-32)36(25-19-29-18-20-31-12-7-8-15-35(31)26-29)37-16-9-17-38-39-27-40-42(28-41(39)46-43(37)38)47-44(45-40)34-13-5-2-6-14-34/h1-18,20-24,26-28,36H,19,25H2. The van der Waals surface area contributed by atoms with Crippen LogP contribution in [0.15, 0.2) is 167 Å². The summed E-state index contributed by atoms with van der Waals surface area (Å²) < 4.78 is 12.9. The molecule has 0 saturated carbocycles. The van der Waals surface area contributed by atoms with E-state index in [4.69, 9.17) is 13.8 Å². The van der Waals surface area contributed by atoms with Gasteiger partial charge in [0, 0.05) is 33.9 Å². The second kappa shape index (κ2) is 11.5. The Balaban J connectivity index is 1.13. The molecule has 0 aliphatic heterocycles. The second-order valence-corrected chi connectivity index (χ2v) is 12.3. The lowest BCUT2D eigenvalue weighted by atomic mass is 9.84. The number of aromatic nitrogens is 1. The predicted molar refractivity (Wildman–Crippen MR) is 193 cm³/mol. The lowest BCUT2D eigenvalue weighted by molar-refractivity contribution is 0.616. The topological polar surface area (TPSA) is 39.2 Å².